The van der Waals surface area contributed by atoms with Crippen molar-refractivity contribution in [1.82, 2.24) is 0 Å². The predicted octanol–water partition coefficient (Wildman–Crippen LogP) is 0.589. The van der Waals surface area contributed by atoms with Crippen LogP contribution in [-0.4, -0.2) is 15.8 Å². The molecule has 0 saturated carbocycles. The molecule has 0 heterocycles. The Labute approximate surface area is 63.9 Å². The van der Waals surface area contributed by atoms with Crippen LogP contribution in [0.5, 0.6) is 0 Å². The summed E-state index contributed by atoms with van der Waals surface area (Å²) in [5.41, 5.74) is 0.614. The van der Waals surface area contributed by atoms with E-state index in [1.54, 1.807) is 13.8 Å². The molecule has 0 spiro atoms. The number of hydrogen-bond acceptors (Lipinski definition) is 3. The van der Waals surface area contributed by atoms with Crippen LogP contribution in [0.4, 0.5) is 0 Å². The van der Waals surface area contributed by atoms with Crippen molar-refractivity contribution in [3.8, 4) is 0 Å². The van der Waals surface area contributed by atoms with Gasteiger partial charge in [0, 0.05) is 6.08 Å². The highest BCUT2D eigenvalue weighted by atomic mass is 31.2. The summed E-state index contributed by atoms with van der Waals surface area (Å²) in [5, 5.41) is 0. The highest BCUT2D eigenvalue weighted by Gasteiger charge is 2.18. The van der Waals surface area contributed by atoms with Gasteiger partial charge in [0.05, 0.1) is 0 Å². The molecule has 0 saturated heterocycles. The van der Waals surface area contributed by atoms with E-state index in [1.807, 2.05) is 0 Å². The molecule has 6 heteroatoms. The normalized spacial score (nSPS) is 10.5. The van der Waals surface area contributed by atoms with Crippen molar-refractivity contribution >= 4 is 13.8 Å². The smallest absolute Gasteiger partial charge is 0.367 e. The van der Waals surface area contributed by atoms with Crippen LogP contribution >= 0.6 is 7.82 Å². The van der Waals surface area contributed by atoms with Crippen molar-refractivity contribution < 1.29 is 23.7 Å². The van der Waals surface area contributed by atoms with Crippen molar-refractivity contribution in [3.05, 3.63) is 11.6 Å². The first kappa shape index (κ1) is 10.4. The molecular formula is C5H9O5P. The summed E-state index contributed by atoms with van der Waals surface area (Å²) in [5.74, 6) is -1.03. The predicted molar refractivity (Wildman–Crippen MR) is 37.6 cm³/mol. The van der Waals surface area contributed by atoms with Crippen LogP contribution in [0.2, 0.25) is 0 Å². The average Bonchev–Trinajstić information content (AvgIpc) is 1.53. The molecule has 0 aromatic carbocycles. The lowest BCUT2D eigenvalue weighted by Gasteiger charge is -2.01. The van der Waals surface area contributed by atoms with E-state index >= 15 is 0 Å². The summed E-state index contributed by atoms with van der Waals surface area (Å²) in [6.45, 7) is 3.22. The summed E-state index contributed by atoms with van der Waals surface area (Å²) in [4.78, 5) is 26.8. The molecule has 2 N–H and O–H groups in total. The van der Waals surface area contributed by atoms with Gasteiger partial charge in [-0.05, 0) is 13.8 Å². The van der Waals surface area contributed by atoms with Crippen LogP contribution in [0.3, 0.4) is 0 Å². The Morgan fingerprint density at radius 1 is 1.45 bits per heavy atom. The SMILES string of the molecule is CC(C)=CC(=O)OP(=O)(O)O. The lowest BCUT2D eigenvalue weighted by molar-refractivity contribution is -0.130. The zero-order valence-electron chi connectivity index (χ0n) is 6.14. The van der Waals surface area contributed by atoms with Gasteiger partial charge in [-0.25, -0.2) is 9.36 Å². The fourth-order valence-electron chi connectivity index (χ4n) is 0.379. The van der Waals surface area contributed by atoms with E-state index in [0.29, 0.717) is 5.57 Å². The van der Waals surface area contributed by atoms with Gasteiger partial charge in [-0.3, -0.25) is 9.79 Å². The first-order valence-electron chi connectivity index (χ1n) is 2.75. The topological polar surface area (TPSA) is 83.8 Å². The lowest BCUT2D eigenvalue weighted by Crippen LogP contribution is -1.98. The number of carbonyl (C=O) groups excluding carboxylic acids is 1. The van der Waals surface area contributed by atoms with E-state index in [1.165, 1.54) is 0 Å². The van der Waals surface area contributed by atoms with Gasteiger partial charge < -0.3 is 4.52 Å². The largest absolute Gasteiger partial charge is 0.527 e. The molecule has 0 fully saturated rings. The van der Waals surface area contributed by atoms with E-state index in [4.69, 9.17) is 9.79 Å². The molecular weight excluding hydrogens is 171 g/mol. The maximum Gasteiger partial charge on any atom is 0.527 e. The molecule has 11 heavy (non-hydrogen) atoms. The summed E-state index contributed by atoms with van der Waals surface area (Å²) < 4.78 is 13.7. The fraction of sp³-hybridized carbons (Fsp3) is 0.400. The third kappa shape index (κ3) is 7.25. The van der Waals surface area contributed by atoms with Gasteiger partial charge in [0.25, 0.3) is 0 Å². The van der Waals surface area contributed by atoms with E-state index in [9.17, 15) is 9.36 Å². The number of phosphoric ester groups is 1. The molecule has 0 amide bonds. The highest BCUT2D eigenvalue weighted by Crippen LogP contribution is 2.35. The van der Waals surface area contributed by atoms with Gasteiger partial charge in [0.2, 0.25) is 0 Å². The summed E-state index contributed by atoms with van der Waals surface area (Å²) in [6.07, 6.45) is 0.999. The minimum absolute atomic E-state index is 0.614. The van der Waals surface area contributed by atoms with E-state index in [0.717, 1.165) is 6.08 Å². The van der Waals surface area contributed by atoms with Gasteiger partial charge in [0.1, 0.15) is 0 Å². The number of allylic oxidation sites excluding steroid dienone is 1. The summed E-state index contributed by atoms with van der Waals surface area (Å²) in [7, 11) is -4.67. The zero-order valence-corrected chi connectivity index (χ0v) is 7.04. The van der Waals surface area contributed by atoms with Crippen molar-refractivity contribution in [3.63, 3.8) is 0 Å². The summed E-state index contributed by atoms with van der Waals surface area (Å²) >= 11 is 0. The molecule has 0 bridgehead atoms. The Balaban J connectivity index is 4.12. The average molecular weight is 180 g/mol. The molecule has 0 aliphatic rings. The van der Waals surface area contributed by atoms with Gasteiger partial charge in [-0.1, -0.05) is 5.57 Å². The number of rotatable bonds is 2. The molecule has 0 aliphatic heterocycles. The maximum atomic E-state index is 10.5. The fourth-order valence-corrected chi connectivity index (χ4v) is 0.666. The minimum atomic E-state index is -4.67. The first-order chi connectivity index (χ1) is 4.81. The number of phosphoric acid groups is 1. The van der Waals surface area contributed by atoms with Crippen molar-refractivity contribution in [2.75, 3.05) is 0 Å². The molecule has 0 aromatic rings. The highest BCUT2D eigenvalue weighted by molar-refractivity contribution is 7.46. The molecule has 0 unspecified atom stereocenters. The Morgan fingerprint density at radius 3 is 2.18 bits per heavy atom. The first-order valence-corrected chi connectivity index (χ1v) is 4.28. The Hall–Kier alpha value is -0.640. The summed E-state index contributed by atoms with van der Waals surface area (Å²) in [6, 6.07) is 0. The van der Waals surface area contributed by atoms with E-state index in [-0.39, 0.29) is 0 Å². The van der Waals surface area contributed by atoms with Gasteiger partial charge in [-0.15, -0.1) is 0 Å². The quantitative estimate of drug-likeness (QED) is 0.479. The third-order valence-corrected chi connectivity index (χ3v) is 1.03. The van der Waals surface area contributed by atoms with Crippen LogP contribution in [0.25, 0.3) is 0 Å². The van der Waals surface area contributed by atoms with Crippen molar-refractivity contribution in [2.24, 2.45) is 0 Å². The van der Waals surface area contributed by atoms with Crippen LogP contribution < -0.4 is 0 Å². The molecule has 0 aliphatic carbocycles. The monoisotopic (exact) mass is 180 g/mol. The van der Waals surface area contributed by atoms with Gasteiger partial charge in [-0.2, -0.15) is 0 Å². The molecule has 5 nitrogen and oxygen atoms in total. The Kier molecular flexibility index (Phi) is 3.45. The number of carbonyl (C=O) groups is 1. The van der Waals surface area contributed by atoms with E-state index in [2.05, 4.69) is 4.52 Å². The molecule has 0 atom stereocenters. The standard InChI is InChI=1S/C5H9O5P/c1-4(2)3-5(6)10-11(7,8)9/h3H,1-2H3,(H2,7,8,9). The second-order valence-corrected chi connectivity index (χ2v) is 3.29. The van der Waals surface area contributed by atoms with Crippen molar-refractivity contribution in [1.29, 1.82) is 0 Å². The molecule has 0 radical (unpaired) electrons. The van der Waals surface area contributed by atoms with Gasteiger partial charge >= 0.3 is 13.8 Å². The number of hydrogen-bond donors (Lipinski definition) is 2. The Bertz CT molecular complexity index is 221. The van der Waals surface area contributed by atoms with Crippen LogP contribution in [-0.2, 0) is 13.9 Å². The van der Waals surface area contributed by atoms with Crippen molar-refractivity contribution in [2.45, 2.75) is 13.8 Å². The molecule has 0 rings (SSSR count). The maximum absolute atomic E-state index is 10.5. The van der Waals surface area contributed by atoms with E-state index < -0.39 is 13.8 Å². The third-order valence-electron chi connectivity index (χ3n) is 0.615. The second kappa shape index (κ2) is 3.67. The van der Waals surface area contributed by atoms with Gasteiger partial charge in [0.15, 0.2) is 0 Å². The minimum Gasteiger partial charge on any atom is -0.367 e. The zero-order chi connectivity index (χ0) is 9.07. The molecule has 64 valence electrons. The van der Waals surface area contributed by atoms with Crippen LogP contribution in [0, 0.1) is 0 Å². The Morgan fingerprint density at radius 2 is 1.91 bits per heavy atom. The van der Waals surface area contributed by atoms with Crippen LogP contribution in [0.15, 0.2) is 11.6 Å². The lowest BCUT2D eigenvalue weighted by atomic mass is 10.3. The van der Waals surface area contributed by atoms with Crippen LogP contribution in [0.1, 0.15) is 13.8 Å². The molecule has 0 aromatic heterocycles. The second-order valence-electron chi connectivity index (χ2n) is 2.12.